The van der Waals surface area contributed by atoms with Gasteiger partial charge >= 0.3 is 12.4 Å². The van der Waals surface area contributed by atoms with E-state index in [0.717, 1.165) is 11.0 Å². The number of hydrogen-bond acceptors (Lipinski definition) is 1. The Morgan fingerprint density at radius 2 is 1.78 bits per heavy atom. The van der Waals surface area contributed by atoms with E-state index >= 15 is 0 Å². The fraction of sp³-hybridized carbons (Fsp3) is 0.500. The van der Waals surface area contributed by atoms with Crippen molar-refractivity contribution in [2.24, 2.45) is 5.92 Å². The van der Waals surface area contributed by atoms with E-state index in [1.54, 1.807) is 22.6 Å². The summed E-state index contributed by atoms with van der Waals surface area (Å²) >= 11 is 1.64. The van der Waals surface area contributed by atoms with E-state index in [1.807, 2.05) is 0 Å². The summed E-state index contributed by atoms with van der Waals surface area (Å²) in [6, 6.07) is 2.81. The van der Waals surface area contributed by atoms with Gasteiger partial charge in [0.05, 0.1) is 11.5 Å². The van der Waals surface area contributed by atoms with Gasteiger partial charge in [0.1, 0.15) is 0 Å². The van der Waals surface area contributed by atoms with Gasteiger partial charge < -0.3 is 4.90 Å². The Hall–Kier alpha value is -1.00. The molecule has 1 heterocycles. The van der Waals surface area contributed by atoms with Gasteiger partial charge in [-0.3, -0.25) is 4.79 Å². The Bertz CT molecular complexity index is 598. The van der Waals surface area contributed by atoms with Crippen LogP contribution < -0.4 is 0 Å². The summed E-state index contributed by atoms with van der Waals surface area (Å²) < 4.78 is 76.9. The third kappa shape index (κ3) is 4.51. The normalized spacial score (nSPS) is 19.8. The lowest BCUT2D eigenvalue weighted by molar-refractivity contribution is -0.184. The largest absolute Gasteiger partial charge is 0.416 e. The third-order valence-corrected chi connectivity index (χ3v) is 4.27. The van der Waals surface area contributed by atoms with Crippen molar-refractivity contribution in [3.63, 3.8) is 0 Å². The molecule has 23 heavy (non-hydrogen) atoms. The van der Waals surface area contributed by atoms with E-state index in [2.05, 4.69) is 0 Å². The molecule has 2 rings (SSSR count). The highest BCUT2D eigenvalue weighted by atomic mass is 127. The van der Waals surface area contributed by atoms with Crippen LogP contribution in [0.15, 0.2) is 18.2 Å². The van der Waals surface area contributed by atoms with Gasteiger partial charge in [-0.15, -0.1) is 0 Å². The lowest BCUT2D eigenvalue weighted by Crippen LogP contribution is -2.44. The minimum atomic E-state index is -4.62. The molecular formula is C14H12F6INO. The molecule has 2 nitrogen and oxygen atoms in total. The zero-order chi connectivity index (χ0) is 17.4. The Labute approximate surface area is 142 Å². The van der Waals surface area contributed by atoms with E-state index < -0.39 is 36.3 Å². The average Bonchev–Trinajstić information content (AvgIpc) is 2.44. The van der Waals surface area contributed by atoms with Crippen LogP contribution >= 0.6 is 22.6 Å². The first-order chi connectivity index (χ1) is 10.5. The summed E-state index contributed by atoms with van der Waals surface area (Å²) in [5, 5.41) is 0. The quantitative estimate of drug-likeness (QED) is 0.447. The molecule has 0 saturated carbocycles. The second kappa shape index (κ2) is 6.48. The Kier molecular flexibility index (Phi) is 5.17. The molecule has 1 aromatic rings. The molecule has 0 radical (unpaired) electrons. The summed E-state index contributed by atoms with van der Waals surface area (Å²) in [6.07, 6.45) is -8.94. The first-order valence-electron chi connectivity index (χ1n) is 6.72. The second-order valence-electron chi connectivity index (χ2n) is 5.36. The maximum absolute atomic E-state index is 12.8. The molecule has 0 N–H and O–H groups in total. The standard InChI is InChI=1S/C14H12F6INO/c15-13(16,17)9-2-1-3-22(7-9)12(23)8-4-10(14(18,19)20)6-11(21)5-8/h4-6,9H,1-3,7H2. The smallest absolute Gasteiger partial charge is 0.338 e. The number of alkyl halides is 6. The van der Waals surface area contributed by atoms with Crippen LogP contribution in [0, 0.1) is 9.49 Å². The fourth-order valence-electron chi connectivity index (χ4n) is 2.49. The number of hydrogen-bond donors (Lipinski definition) is 0. The summed E-state index contributed by atoms with van der Waals surface area (Å²) in [7, 11) is 0. The minimum absolute atomic E-state index is 0.0760. The molecule has 9 heteroatoms. The van der Waals surface area contributed by atoms with E-state index in [1.165, 1.54) is 6.07 Å². The van der Waals surface area contributed by atoms with Crippen LogP contribution in [0.2, 0.25) is 0 Å². The van der Waals surface area contributed by atoms with Crippen LogP contribution in [-0.2, 0) is 6.18 Å². The van der Waals surface area contributed by atoms with Crippen LogP contribution in [-0.4, -0.2) is 30.1 Å². The molecule has 1 aromatic carbocycles. The number of nitrogens with zero attached hydrogens (tertiary/aromatic N) is 1. The SMILES string of the molecule is O=C(c1cc(I)cc(C(F)(F)F)c1)N1CCCC(C(F)(F)F)C1. The molecular weight excluding hydrogens is 439 g/mol. The van der Waals surface area contributed by atoms with Crippen molar-refractivity contribution in [1.29, 1.82) is 0 Å². The molecule has 0 aromatic heterocycles. The van der Waals surface area contributed by atoms with Gasteiger partial charge in [-0.25, -0.2) is 0 Å². The van der Waals surface area contributed by atoms with E-state index in [-0.39, 0.29) is 28.5 Å². The first-order valence-corrected chi connectivity index (χ1v) is 7.80. The zero-order valence-corrected chi connectivity index (χ0v) is 13.8. The molecule has 0 aliphatic carbocycles. The molecule has 1 fully saturated rings. The van der Waals surface area contributed by atoms with Crippen molar-refractivity contribution in [2.45, 2.75) is 25.2 Å². The topological polar surface area (TPSA) is 20.3 Å². The van der Waals surface area contributed by atoms with Crippen LogP contribution in [0.5, 0.6) is 0 Å². The van der Waals surface area contributed by atoms with Crippen molar-refractivity contribution in [3.8, 4) is 0 Å². The summed E-state index contributed by atoms with van der Waals surface area (Å²) in [6.45, 7) is -0.409. The molecule has 1 atom stereocenters. The maximum Gasteiger partial charge on any atom is 0.416 e. The number of benzene rings is 1. The number of carbonyl (C=O) groups excluding carboxylic acids is 1. The van der Waals surface area contributed by atoms with Crippen molar-refractivity contribution in [1.82, 2.24) is 4.90 Å². The lowest BCUT2D eigenvalue weighted by atomic mass is 9.96. The van der Waals surface area contributed by atoms with Crippen LogP contribution in [0.3, 0.4) is 0 Å². The predicted molar refractivity (Wildman–Crippen MR) is 78.8 cm³/mol. The van der Waals surface area contributed by atoms with Gasteiger partial charge in [0, 0.05) is 22.2 Å². The van der Waals surface area contributed by atoms with Gasteiger partial charge in [-0.1, -0.05) is 0 Å². The molecule has 0 bridgehead atoms. The summed E-state index contributed by atoms with van der Waals surface area (Å²) in [5.74, 6) is -2.44. The Balaban J connectivity index is 2.25. The highest BCUT2D eigenvalue weighted by Crippen LogP contribution is 2.34. The lowest BCUT2D eigenvalue weighted by Gasteiger charge is -2.33. The van der Waals surface area contributed by atoms with Gasteiger partial charge in [-0.2, -0.15) is 26.3 Å². The molecule has 1 aliphatic rings. The number of rotatable bonds is 1. The first kappa shape index (κ1) is 18.3. The maximum atomic E-state index is 12.8. The molecule has 1 saturated heterocycles. The van der Waals surface area contributed by atoms with Gasteiger partial charge in [0.2, 0.25) is 0 Å². The van der Waals surface area contributed by atoms with E-state index in [4.69, 9.17) is 0 Å². The molecule has 1 unspecified atom stereocenters. The van der Waals surface area contributed by atoms with Gasteiger partial charge in [0.25, 0.3) is 5.91 Å². The van der Waals surface area contributed by atoms with Crippen LogP contribution in [0.4, 0.5) is 26.3 Å². The molecule has 128 valence electrons. The van der Waals surface area contributed by atoms with Crippen molar-refractivity contribution in [3.05, 3.63) is 32.9 Å². The summed E-state index contributed by atoms with van der Waals surface area (Å²) in [4.78, 5) is 13.3. The highest BCUT2D eigenvalue weighted by Gasteiger charge is 2.43. The molecule has 1 aliphatic heterocycles. The Morgan fingerprint density at radius 1 is 1.13 bits per heavy atom. The number of amides is 1. The van der Waals surface area contributed by atoms with Crippen molar-refractivity contribution >= 4 is 28.5 Å². The minimum Gasteiger partial charge on any atom is -0.338 e. The predicted octanol–water partition coefficient (Wildman–Crippen LogP) is 4.72. The van der Waals surface area contributed by atoms with Crippen molar-refractivity contribution < 1.29 is 31.1 Å². The number of carbonyl (C=O) groups is 1. The van der Waals surface area contributed by atoms with Crippen LogP contribution in [0.1, 0.15) is 28.8 Å². The highest BCUT2D eigenvalue weighted by molar-refractivity contribution is 14.1. The number of halogens is 7. The second-order valence-corrected chi connectivity index (χ2v) is 6.60. The molecule has 0 spiro atoms. The van der Waals surface area contributed by atoms with Gasteiger partial charge in [-0.05, 0) is 53.6 Å². The third-order valence-electron chi connectivity index (χ3n) is 3.64. The fourth-order valence-corrected chi connectivity index (χ4v) is 3.16. The van der Waals surface area contributed by atoms with Crippen molar-refractivity contribution in [2.75, 3.05) is 13.1 Å². The molecule has 1 amide bonds. The monoisotopic (exact) mass is 451 g/mol. The van der Waals surface area contributed by atoms with E-state index in [9.17, 15) is 31.1 Å². The van der Waals surface area contributed by atoms with Gasteiger partial charge in [0.15, 0.2) is 0 Å². The number of likely N-dealkylation sites (tertiary alicyclic amines) is 1. The number of piperidine rings is 1. The van der Waals surface area contributed by atoms with Crippen LogP contribution in [0.25, 0.3) is 0 Å². The average molecular weight is 451 g/mol. The zero-order valence-electron chi connectivity index (χ0n) is 11.6. The Morgan fingerprint density at radius 3 is 2.35 bits per heavy atom. The van der Waals surface area contributed by atoms with E-state index in [0.29, 0.717) is 6.07 Å². The summed E-state index contributed by atoms with van der Waals surface area (Å²) in [5.41, 5.74) is -1.23.